The van der Waals surface area contributed by atoms with Gasteiger partial charge in [0.05, 0.1) is 12.7 Å². The summed E-state index contributed by atoms with van der Waals surface area (Å²) in [5, 5.41) is 0. The number of likely N-dealkylation sites (tertiary alicyclic amines) is 1. The number of amides is 2. The van der Waals surface area contributed by atoms with Gasteiger partial charge >= 0.3 is 0 Å². The summed E-state index contributed by atoms with van der Waals surface area (Å²) in [6.07, 6.45) is 9.06. The Morgan fingerprint density at radius 1 is 0.871 bits per heavy atom. The Kier molecular flexibility index (Phi) is 8.52. The van der Waals surface area contributed by atoms with Crippen LogP contribution in [-0.4, -0.2) is 70.8 Å². The van der Waals surface area contributed by atoms with E-state index in [0.717, 1.165) is 70.2 Å². The number of hydrogen-bond acceptors (Lipinski definition) is 5. The summed E-state index contributed by atoms with van der Waals surface area (Å²) in [6, 6.07) is 0. The van der Waals surface area contributed by atoms with E-state index in [1.165, 1.54) is 12.8 Å². The quantitative estimate of drug-likeness (QED) is 0.687. The van der Waals surface area contributed by atoms with Crippen molar-refractivity contribution >= 4 is 11.8 Å². The van der Waals surface area contributed by atoms with E-state index in [0.29, 0.717) is 25.8 Å². The van der Waals surface area contributed by atoms with Crippen molar-refractivity contribution in [3.05, 3.63) is 17.8 Å². The fourth-order valence-electron chi connectivity index (χ4n) is 4.33. The molecule has 2 fully saturated rings. The van der Waals surface area contributed by atoms with Crippen LogP contribution < -0.4 is 0 Å². The van der Waals surface area contributed by atoms with Gasteiger partial charge in [-0.1, -0.05) is 33.6 Å². The van der Waals surface area contributed by atoms with E-state index in [4.69, 9.17) is 4.42 Å². The van der Waals surface area contributed by atoms with Crippen LogP contribution in [0.5, 0.6) is 0 Å². The number of rotatable bonds is 6. The summed E-state index contributed by atoms with van der Waals surface area (Å²) in [5.41, 5.74) is -0.0398. The summed E-state index contributed by atoms with van der Waals surface area (Å²) >= 11 is 0. The highest BCUT2D eigenvalue weighted by Gasteiger charge is 2.23. The number of nitrogens with zero attached hydrogens (tertiary/aromatic N) is 4. The summed E-state index contributed by atoms with van der Waals surface area (Å²) in [5.74, 6) is 2.05. The monoisotopic (exact) mass is 432 g/mol. The summed E-state index contributed by atoms with van der Waals surface area (Å²) in [6.45, 7) is 12.1. The fraction of sp³-hybridized carbons (Fsp3) is 0.792. The Bertz CT molecular complexity index is 717. The number of carbonyl (C=O) groups excluding carboxylic acids is 2. The molecule has 0 aliphatic carbocycles. The maximum atomic E-state index is 12.7. The Morgan fingerprint density at radius 2 is 1.48 bits per heavy atom. The second-order valence-corrected chi connectivity index (χ2v) is 10.0. The molecule has 1 aromatic heterocycles. The topological polar surface area (TPSA) is 69.9 Å². The highest BCUT2D eigenvalue weighted by Crippen LogP contribution is 2.23. The first-order chi connectivity index (χ1) is 14.8. The minimum absolute atomic E-state index is 0.0398. The maximum absolute atomic E-state index is 12.7. The molecule has 7 heteroatoms. The Hall–Kier alpha value is -1.89. The lowest BCUT2D eigenvalue weighted by Crippen LogP contribution is -2.35. The number of hydrogen-bond donors (Lipinski definition) is 0. The van der Waals surface area contributed by atoms with E-state index < -0.39 is 0 Å². The van der Waals surface area contributed by atoms with Crippen LogP contribution in [0.2, 0.25) is 0 Å². The second kappa shape index (κ2) is 11.1. The molecule has 0 saturated carbocycles. The minimum atomic E-state index is -0.0398. The van der Waals surface area contributed by atoms with Gasteiger partial charge in [0.2, 0.25) is 17.7 Å². The molecule has 0 spiro atoms. The molecular weight excluding hydrogens is 392 g/mol. The van der Waals surface area contributed by atoms with E-state index in [-0.39, 0.29) is 17.2 Å². The predicted octanol–water partition coefficient (Wildman–Crippen LogP) is 3.58. The summed E-state index contributed by atoms with van der Waals surface area (Å²) in [4.78, 5) is 35.8. The number of aromatic nitrogens is 1. The van der Waals surface area contributed by atoms with E-state index in [9.17, 15) is 9.59 Å². The van der Waals surface area contributed by atoms with Crippen molar-refractivity contribution in [1.82, 2.24) is 19.7 Å². The minimum Gasteiger partial charge on any atom is -0.444 e. The van der Waals surface area contributed by atoms with Gasteiger partial charge in [-0.25, -0.2) is 4.98 Å². The molecule has 0 radical (unpaired) electrons. The first kappa shape index (κ1) is 23.8. The zero-order chi connectivity index (χ0) is 22.3. The molecule has 2 aliphatic heterocycles. The van der Waals surface area contributed by atoms with Crippen LogP contribution in [-0.2, 0) is 21.5 Å². The Labute approximate surface area is 187 Å². The van der Waals surface area contributed by atoms with Crippen LogP contribution >= 0.6 is 0 Å². The summed E-state index contributed by atoms with van der Waals surface area (Å²) in [7, 11) is 0. The molecule has 0 unspecified atom stereocenters. The van der Waals surface area contributed by atoms with Crippen molar-refractivity contribution in [3.63, 3.8) is 0 Å². The molecule has 0 N–H and O–H groups in total. The molecule has 2 saturated heterocycles. The molecule has 2 aliphatic rings. The lowest BCUT2D eigenvalue weighted by Gasteiger charge is -2.22. The molecule has 0 atom stereocenters. The van der Waals surface area contributed by atoms with Crippen molar-refractivity contribution < 1.29 is 14.0 Å². The SMILES string of the molecule is CC(C)(C)c1cnc(CN2CCCN(C(=O)CCCC(=O)N3CCCCCC3)CC2)o1. The molecule has 3 rings (SSSR count). The van der Waals surface area contributed by atoms with E-state index in [1.54, 1.807) is 0 Å². The van der Waals surface area contributed by atoms with Gasteiger partial charge in [0.25, 0.3) is 0 Å². The van der Waals surface area contributed by atoms with E-state index in [2.05, 4.69) is 30.7 Å². The molecule has 3 heterocycles. The highest BCUT2D eigenvalue weighted by molar-refractivity contribution is 5.79. The standard InChI is InChI=1S/C24H40N4O3/c1-24(2,3)20-18-25-21(31-20)19-26-12-9-15-28(17-16-26)23(30)11-8-10-22(29)27-13-6-4-5-7-14-27/h18H,4-17,19H2,1-3H3. The van der Waals surface area contributed by atoms with Gasteiger partial charge in [0.15, 0.2) is 0 Å². The first-order valence-corrected chi connectivity index (χ1v) is 12.1. The molecular formula is C24H40N4O3. The van der Waals surface area contributed by atoms with Crippen molar-refractivity contribution in [3.8, 4) is 0 Å². The van der Waals surface area contributed by atoms with Crippen molar-refractivity contribution in [2.45, 2.75) is 84.1 Å². The van der Waals surface area contributed by atoms with Crippen LogP contribution in [0.25, 0.3) is 0 Å². The number of carbonyl (C=O) groups is 2. The van der Waals surface area contributed by atoms with Gasteiger partial charge in [-0.2, -0.15) is 0 Å². The van der Waals surface area contributed by atoms with Gasteiger partial charge in [0.1, 0.15) is 5.76 Å². The van der Waals surface area contributed by atoms with Gasteiger partial charge in [-0.3, -0.25) is 14.5 Å². The van der Waals surface area contributed by atoms with Crippen LogP contribution in [0.4, 0.5) is 0 Å². The van der Waals surface area contributed by atoms with Crippen molar-refractivity contribution in [1.29, 1.82) is 0 Å². The predicted molar refractivity (Wildman–Crippen MR) is 121 cm³/mol. The Balaban J connectivity index is 1.39. The third-order valence-corrected chi connectivity index (χ3v) is 6.33. The van der Waals surface area contributed by atoms with Gasteiger partial charge in [0, 0.05) is 57.5 Å². The Morgan fingerprint density at radius 3 is 2.10 bits per heavy atom. The lowest BCUT2D eigenvalue weighted by molar-refractivity contribution is -0.132. The molecule has 31 heavy (non-hydrogen) atoms. The first-order valence-electron chi connectivity index (χ1n) is 12.1. The third-order valence-electron chi connectivity index (χ3n) is 6.33. The van der Waals surface area contributed by atoms with E-state index in [1.807, 2.05) is 16.0 Å². The lowest BCUT2D eigenvalue weighted by atomic mass is 9.94. The molecule has 0 bridgehead atoms. The fourth-order valence-corrected chi connectivity index (χ4v) is 4.33. The smallest absolute Gasteiger partial charge is 0.222 e. The van der Waals surface area contributed by atoms with E-state index >= 15 is 0 Å². The zero-order valence-electron chi connectivity index (χ0n) is 19.7. The average molecular weight is 433 g/mol. The van der Waals surface area contributed by atoms with Gasteiger partial charge in [-0.05, 0) is 25.7 Å². The molecule has 174 valence electrons. The van der Waals surface area contributed by atoms with Crippen molar-refractivity contribution in [2.75, 3.05) is 39.3 Å². The largest absolute Gasteiger partial charge is 0.444 e. The molecule has 7 nitrogen and oxygen atoms in total. The average Bonchev–Trinajstić information content (AvgIpc) is 2.91. The van der Waals surface area contributed by atoms with Crippen LogP contribution in [0, 0.1) is 0 Å². The summed E-state index contributed by atoms with van der Waals surface area (Å²) < 4.78 is 5.93. The van der Waals surface area contributed by atoms with Gasteiger partial charge in [-0.15, -0.1) is 0 Å². The highest BCUT2D eigenvalue weighted by atomic mass is 16.4. The normalized spacial score (nSPS) is 19.2. The second-order valence-electron chi connectivity index (χ2n) is 10.0. The number of oxazole rings is 1. The molecule has 1 aromatic rings. The van der Waals surface area contributed by atoms with Gasteiger partial charge < -0.3 is 14.2 Å². The van der Waals surface area contributed by atoms with Crippen molar-refractivity contribution in [2.24, 2.45) is 0 Å². The van der Waals surface area contributed by atoms with Crippen LogP contribution in [0.15, 0.2) is 10.6 Å². The third kappa shape index (κ3) is 7.34. The molecule has 0 aromatic carbocycles. The maximum Gasteiger partial charge on any atom is 0.222 e. The van der Waals surface area contributed by atoms with Crippen LogP contribution in [0.1, 0.15) is 83.8 Å². The zero-order valence-corrected chi connectivity index (χ0v) is 19.7. The molecule has 2 amide bonds. The van der Waals surface area contributed by atoms with Crippen LogP contribution in [0.3, 0.4) is 0 Å².